The van der Waals surface area contributed by atoms with Crippen molar-refractivity contribution < 1.29 is 18.7 Å². The summed E-state index contributed by atoms with van der Waals surface area (Å²) in [5.74, 6) is -0.704. The zero-order valence-corrected chi connectivity index (χ0v) is 18.9. The second-order valence-electron chi connectivity index (χ2n) is 8.12. The lowest BCUT2D eigenvalue weighted by molar-refractivity contribution is -0.119. The van der Waals surface area contributed by atoms with Crippen molar-refractivity contribution in [3.8, 4) is 11.1 Å². The van der Waals surface area contributed by atoms with E-state index in [4.69, 9.17) is 4.74 Å². The summed E-state index contributed by atoms with van der Waals surface area (Å²) in [6.45, 7) is 2.53. The minimum Gasteiger partial charge on any atom is -0.442 e. The fraction of sp³-hybridized carbons (Fsp3) is 0.250. The predicted octanol–water partition coefficient (Wildman–Crippen LogP) is 1.62. The molecule has 0 bridgehead atoms. The maximum Gasteiger partial charge on any atom is 0.414 e. The van der Waals surface area contributed by atoms with Crippen molar-refractivity contribution in [2.45, 2.75) is 26.1 Å². The highest BCUT2D eigenvalue weighted by molar-refractivity contribution is 5.90. The van der Waals surface area contributed by atoms with Gasteiger partial charge in [0.2, 0.25) is 5.91 Å². The average molecular weight is 481 g/mol. The highest BCUT2D eigenvalue weighted by atomic mass is 19.1. The highest BCUT2D eigenvalue weighted by Crippen LogP contribution is 2.29. The van der Waals surface area contributed by atoms with Crippen LogP contribution in [0.15, 0.2) is 58.3 Å². The van der Waals surface area contributed by atoms with Crippen molar-refractivity contribution in [1.29, 1.82) is 0 Å². The van der Waals surface area contributed by atoms with E-state index in [1.54, 1.807) is 24.3 Å². The number of anilines is 1. The van der Waals surface area contributed by atoms with E-state index in [0.29, 0.717) is 28.9 Å². The van der Waals surface area contributed by atoms with E-state index in [1.165, 1.54) is 24.1 Å². The summed E-state index contributed by atoms with van der Waals surface area (Å²) in [6.07, 6.45) is 0.278. The molecule has 10 nitrogen and oxygen atoms in total. The van der Waals surface area contributed by atoms with E-state index < -0.39 is 29.3 Å². The first-order chi connectivity index (χ1) is 16.8. The van der Waals surface area contributed by atoms with Crippen LogP contribution in [0.2, 0.25) is 0 Å². The van der Waals surface area contributed by atoms with Crippen LogP contribution in [0.1, 0.15) is 18.1 Å². The average Bonchev–Trinajstić information content (AvgIpc) is 3.20. The molecule has 1 atom stereocenters. The first-order valence-corrected chi connectivity index (χ1v) is 10.9. The Labute approximate surface area is 199 Å². The number of amides is 2. The Hall–Kier alpha value is -4.25. The largest absolute Gasteiger partial charge is 0.442 e. The third-order valence-electron chi connectivity index (χ3n) is 5.52. The third kappa shape index (κ3) is 5.82. The van der Waals surface area contributed by atoms with Crippen molar-refractivity contribution >= 4 is 17.7 Å². The molecule has 1 aromatic heterocycles. The fourth-order valence-corrected chi connectivity index (χ4v) is 3.71. The third-order valence-corrected chi connectivity index (χ3v) is 5.52. The molecule has 1 saturated heterocycles. The lowest BCUT2D eigenvalue weighted by atomic mass is 10.0. The predicted molar refractivity (Wildman–Crippen MR) is 126 cm³/mol. The van der Waals surface area contributed by atoms with Gasteiger partial charge >= 0.3 is 11.8 Å². The summed E-state index contributed by atoms with van der Waals surface area (Å²) in [5.41, 5.74) is 1.77. The number of ether oxygens (including phenoxy) is 1. The standard InChI is InChI=1S/C24H24FN5O5/c1-14(31)27-12-19-13-30(24(34)35-19)18-6-7-20(21(25)8-18)16-4-2-15(3-5-16)9-26-10-17-11-28-23(33)29-22(17)32/h2-8,11,19,26H,9-10,12-13H2,1H3,(H,27,31)(H2,28,29,32,33)/t19-/m0/s1. The summed E-state index contributed by atoms with van der Waals surface area (Å²) >= 11 is 0. The summed E-state index contributed by atoms with van der Waals surface area (Å²) in [4.78, 5) is 52.0. The zero-order chi connectivity index (χ0) is 24.9. The highest BCUT2D eigenvalue weighted by Gasteiger charge is 2.32. The number of cyclic esters (lactones) is 1. The number of hydrogen-bond acceptors (Lipinski definition) is 6. The van der Waals surface area contributed by atoms with Gasteiger partial charge in [-0.2, -0.15) is 0 Å². The number of aromatic nitrogens is 2. The van der Waals surface area contributed by atoms with Crippen LogP contribution in [0.5, 0.6) is 0 Å². The normalized spacial score (nSPS) is 15.2. The lowest BCUT2D eigenvalue weighted by Gasteiger charge is -2.15. The second-order valence-corrected chi connectivity index (χ2v) is 8.12. The van der Waals surface area contributed by atoms with E-state index in [1.807, 2.05) is 12.1 Å². The van der Waals surface area contributed by atoms with Crippen LogP contribution in [0, 0.1) is 5.82 Å². The van der Waals surface area contributed by atoms with Crippen LogP contribution in [0.3, 0.4) is 0 Å². The number of rotatable bonds is 8. The molecular weight excluding hydrogens is 457 g/mol. The Morgan fingerprint density at radius 3 is 2.60 bits per heavy atom. The number of nitrogens with zero attached hydrogens (tertiary/aromatic N) is 1. The Bertz CT molecular complexity index is 1350. The molecule has 0 radical (unpaired) electrons. The molecule has 0 spiro atoms. The Morgan fingerprint density at radius 2 is 1.91 bits per heavy atom. The molecule has 1 fully saturated rings. The van der Waals surface area contributed by atoms with E-state index in [2.05, 4.69) is 20.6 Å². The van der Waals surface area contributed by atoms with Crippen LogP contribution in [0.25, 0.3) is 11.1 Å². The van der Waals surface area contributed by atoms with Gasteiger partial charge in [-0.3, -0.25) is 19.5 Å². The lowest BCUT2D eigenvalue weighted by Crippen LogP contribution is -2.33. The molecule has 182 valence electrons. The van der Waals surface area contributed by atoms with Crippen LogP contribution < -0.4 is 26.8 Å². The summed E-state index contributed by atoms with van der Waals surface area (Å²) in [7, 11) is 0. The van der Waals surface area contributed by atoms with Crippen LogP contribution in [0.4, 0.5) is 14.9 Å². The van der Waals surface area contributed by atoms with E-state index in [0.717, 1.165) is 5.56 Å². The number of hydrogen-bond donors (Lipinski definition) is 4. The quantitative estimate of drug-likeness (QED) is 0.386. The molecular formula is C24H24FN5O5. The van der Waals surface area contributed by atoms with Crippen molar-refractivity contribution in [3.63, 3.8) is 0 Å². The molecule has 2 amide bonds. The van der Waals surface area contributed by atoms with Gasteiger partial charge in [0.05, 0.1) is 18.8 Å². The van der Waals surface area contributed by atoms with Crippen molar-refractivity contribution in [2.24, 2.45) is 0 Å². The number of carbonyl (C=O) groups excluding carboxylic acids is 2. The van der Waals surface area contributed by atoms with Gasteiger partial charge in [-0.1, -0.05) is 24.3 Å². The SMILES string of the molecule is CC(=O)NC[C@H]1CN(c2ccc(-c3ccc(CNCc4c[nH]c(=O)[nH]c4=O)cc3)c(F)c2)C(=O)O1. The molecule has 2 aromatic carbocycles. The molecule has 3 aromatic rings. The summed E-state index contributed by atoms with van der Waals surface area (Å²) < 4.78 is 20.1. The minimum absolute atomic E-state index is 0.195. The van der Waals surface area contributed by atoms with Gasteiger partial charge in [0, 0.05) is 37.3 Å². The summed E-state index contributed by atoms with van der Waals surface area (Å²) in [6, 6.07) is 11.8. The van der Waals surface area contributed by atoms with Gasteiger partial charge < -0.3 is 20.4 Å². The monoisotopic (exact) mass is 481 g/mol. The van der Waals surface area contributed by atoms with Crippen molar-refractivity contribution in [1.82, 2.24) is 20.6 Å². The Balaban J connectivity index is 1.38. The molecule has 0 unspecified atom stereocenters. The molecule has 4 rings (SSSR count). The van der Waals surface area contributed by atoms with Gasteiger partial charge in [-0.25, -0.2) is 14.0 Å². The van der Waals surface area contributed by atoms with Gasteiger partial charge in [0.25, 0.3) is 5.56 Å². The topological polar surface area (TPSA) is 136 Å². The molecule has 11 heteroatoms. The number of benzene rings is 2. The second kappa shape index (κ2) is 10.3. The molecule has 1 aliphatic heterocycles. The van der Waals surface area contributed by atoms with Gasteiger partial charge in [0.15, 0.2) is 0 Å². The Kier molecular flexibility index (Phi) is 7.06. The smallest absolute Gasteiger partial charge is 0.414 e. The number of carbonyl (C=O) groups is 2. The van der Waals surface area contributed by atoms with Crippen molar-refractivity contribution in [3.05, 3.63) is 86.4 Å². The molecule has 4 N–H and O–H groups in total. The molecule has 0 saturated carbocycles. The molecule has 0 aliphatic carbocycles. The molecule has 1 aliphatic rings. The van der Waals surface area contributed by atoms with E-state index >= 15 is 0 Å². The number of nitrogens with one attached hydrogen (secondary N) is 4. The van der Waals surface area contributed by atoms with Gasteiger partial charge in [-0.15, -0.1) is 0 Å². The number of H-pyrrole nitrogens is 2. The first kappa shape index (κ1) is 23.9. The number of aromatic amines is 2. The molecule has 2 heterocycles. The number of halogens is 1. The summed E-state index contributed by atoms with van der Waals surface area (Å²) in [5, 5.41) is 5.72. The van der Waals surface area contributed by atoms with Gasteiger partial charge in [-0.05, 0) is 29.3 Å². The zero-order valence-electron chi connectivity index (χ0n) is 18.9. The van der Waals surface area contributed by atoms with Crippen molar-refractivity contribution in [2.75, 3.05) is 18.0 Å². The van der Waals surface area contributed by atoms with Crippen LogP contribution >= 0.6 is 0 Å². The van der Waals surface area contributed by atoms with Gasteiger partial charge in [0.1, 0.15) is 11.9 Å². The minimum atomic E-state index is -0.590. The Morgan fingerprint density at radius 1 is 1.14 bits per heavy atom. The molecule has 35 heavy (non-hydrogen) atoms. The van der Waals surface area contributed by atoms with Crippen LogP contribution in [-0.4, -0.2) is 41.2 Å². The maximum atomic E-state index is 14.9. The maximum absolute atomic E-state index is 14.9. The fourth-order valence-electron chi connectivity index (χ4n) is 3.71. The van der Waals surface area contributed by atoms with E-state index in [9.17, 15) is 23.6 Å². The van der Waals surface area contributed by atoms with E-state index in [-0.39, 0.29) is 25.5 Å². The van der Waals surface area contributed by atoms with Crippen LogP contribution in [-0.2, 0) is 22.6 Å². The first-order valence-electron chi connectivity index (χ1n) is 10.9.